The summed E-state index contributed by atoms with van der Waals surface area (Å²) in [5.41, 5.74) is 8.96. The fourth-order valence-electron chi connectivity index (χ4n) is 3.12. The summed E-state index contributed by atoms with van der Waals surface area (Å²) in [6.07, 6.45) is 5.02. The highest BCUT2D eigenvalue weighted by Gasteiger charge is 2.34. The molecule has 0 spiro atoms. The van der Waals surface area contributed by atoms with Gasteiger partial charge >= 0.3 is 0 Å². The van der Waals surface area contributed by atoms with E-state index in [-0.39, 0.29) is 12.1 Å². The predicted molar refractivity (Wildman–Crippen MR) is 79.2 cm³/mol. The van der Waals surface area contributed by atoms with Crippen LogP contribution < -0.4 is 11.1 Å². The summed E-state index contributed by atoms with van der Waals surface area (Å²) < 4.78 is 0. The maximum absolute atomic E-state index is 9.14. The van der Waals surface area contributed by atoms with Crippen LogP contribution in [0.4, 0.5) is 0 Å². The van der Waals surface area contributed by atoms with E-state index < -0.39 is 0 Å². The monoisotopic (exact) mass is 262 g/mol. The van der Waals surface area contributed by atoms with E-state index in [9.17, 15) is 0 Å². The first-order valence-electron chi connectivity index (χ1n) is 7.38. The number of fused-ring (bicyclic) bond motifs is 1. The van der Waals surface area contributed by atoms with Crippen LogP contribution in [0, 0.1) is 0 Å². The number of nitrogens with two attached hydrogens (primary N) is 1. The molecule has 0 saturated heterocycles. The SMILES string of the molecule is CCC(CCO)NC1(CN)CCc2ccccc2C1. The molecule has 0 aromatic heterocycles. The first-order chi connectivity index (χ1) is 9.23. The Kier molecular flexibility index (Phi) is 4.97. The topological polar surface area (TPSA) is 58.3 Å². The summed E-state index contributed by atoms with van der Waals surface area (Å²) in [6.45, 7) is 3.06. The zero-order valence-electron chi connectivity index (χ0n) is 11.9. The first-order valence-corrected chi connectivity index (χ1v) is 7.38. The standard InChI is InChI=1S/C16H26N2O/c1-2-15(8-10-19)18-16(12-17)9-7-13-5-3-4-6-14(13)11-16/h3-6,15,18-19H,2,7-12,17H2,1H3. The number of nitrogens with one attached hydrogen (secondary N) is 1. The Labute approximate surface area is 116 Å². The molecule has 0 fully saturated rings. The minimum atomic E-state index is 0.00417. The lowest BCUT2D eigenvalue weighted by molar-refractivity contribution is 0.212. The van der Waals surface area contributed by atoms with Gasteiger partial charge in [0.05, 0.1) is 0 Å². The molecule has 2 unspecified atom stereocenters. The third-order valence-corrected chi connectivity index (χ3v) is 4.39. The van der Waals surface area contributed by atoms with E-state index in [4.69, 9.17) is 10.8 Å². The molecule has 2 atom stereocenters. The zero-order chi connectivity index (χ0) is 13.7. The van der Waals surface area contributed by atoms with Crippen molar-refractivity contribution in [2.45, 2.75) is 50.6 Å². The normalized spacial score (nSPS) is 23.9. The highest BCUT2D eigenvalue weighted by Crippen LogP contribution is 2.29. The molecule has 1 aromatic rings. The molecular weight excluding hydrogens is 236 g/mol. The molecule has 2 rings (SSSR count). The summed E-state index contributed by atoms with van der Waals surface area (Å²) in [5.74, 6) is 0. The van der Waals surface area contributed by atoms with Crippen LogP contribution in [0.3, 0.4) is 0 Å². The molecule has 0 saturated carbocycles. The van der Waals surface area contributed by atoms with Crippen molar-refractivity contribution in [3.63, 3.8) is 0 Å². The quantitative estimate of drug-likeness (QED) is 0.730. The van der Waals surface area contributed by atoms with Crippen molar-refractivity contribution >= 4 is 0 Å². The van der Waals surface area contributed by atoms with Crippen LogP contribution in [0.1, 0.15) is 37.3 Å². The van der Waals surface area contributed by atoms with Crippen LogP contribution in [0.2, 0.25) is 0 Å². The van der Waals surface area contributed by atoms with E-state index in [1.54, 1.807) is 0 Å². The van der Waals surface area contributed by atoms with Gasteiger partial charge < -0.3 is 16.2 Å². The Hall–Kier alpha value is -0.900. The number of hydrogen-bond donors (Lipinski definition) is 3. The Morgan fingerprint density at radius 3 is 2.74 bits per heavy atom. The Balaban J connectivity index is 2.12. The van der Waals surface area contributed by atoms with Gasteiger partial charge in [0.2, 0.25) is 0 Å². The van der Waals surface area contributed by atoms with Crippen molar-refractivity contribution in [2.24, 2.45) is 5.73 Å². The lowest BCUT2D eigenvalue weighted by Crippen LogP contribution is -2.58. The Morgan fingerprint density at radius 2 is 2.11 bits per heavy atom. The van der Waals surface area contributed by atoms with Gasteiger partial charge in [-0.2, -0.15) is 0 Å². The van der Waals surface area contributed by atoms with Crippen LogP contribution >= 0.6 is 0 Å². The smallest absolute Gasteiger partial charge is 0.0445 e. The van der Waals surface area contributed by atoms with Crippen LogP contribution in [-0.2, 0) is 12.8 Å². The summed E-state index contributed by atoms with van der Waals surface area (Å²) in [5, 5.41) is 12.9. The largest absolute Gasteiger partial charge is 0.396 e. The number of benzene rings is 1. The van der Waals surface area contributed by atoms with Gasteiger partial charge in [-0.3, -0.25) is 0 Å². The molecule has 0 amide bonds. The molecule has 1 aromatic carbocycles. The third-order valence-electron chi connectivity index (χ3n) is 4.39. The summed E-state index contributed by atoms with van der Waals surface area (Å²) in [7, 11) is 0. The van der Waals surface area contributed by atoms with Crippen LogP contribution in [0.25, 0.3) is 0 Å². The van der Waals surface area contributed by atoms with Gasteiger partial charge in [0.25, 0.3) is 0 Å². The molecule has 0 aliphatic heterocycles. The predicted octanol–water partition coefficient (Wildman–Crippen LogP) is 1.62. The van der Waals surface area contributed by atoms with E-state index in [1.807, 2.05) is 0 Å². The average Bonchev–Trinajstić information content (AvgIpc) is 2.46. The maximum atomic E-state index is 9.14. The van der Waals surface area contributed by atoms with Crippen molar-refractivity contribution in [2.75, 3.05) is 13.2 Å². The first kappa shape index (κ1) is 14.5. The lowest BCUT2D eigenvalue weighted by Gasteiger charge is -2.41. The molecule has 106 valence electrons. The number of hydrogen-bond acceptors (Lipinski definition) is 3. The van der Waals surface area contributed by atoms with Gasteiger partial charge in [0, 0.05) is 24.7 Å². The Bertz CT molecular complexity index is 407. The van der Waals surface area contributed by atoms with Crippen molar-refractivity contribution < 1.29 is 5.11 Å². The summed E-state index contributed by atoms with van der Waals surface area (Å²) in [6, 6.07) is 9.02. The third kappa shape index (κ3) is 3.35. The van der Waals surface area contributed by atoms with Gasteiger partial charge in [0.1, 0.15) is 0 Å². The molecule has 1 aliphatic carbocycles. The Morgan fingerprint density at radius 1 is 1.37 bits per heavy atom. The molecule has 4 N–H and O–H groups in total. The van der Waals surface area contributed by atoms with E-state index >= 15 is 0 Å². The molecule has 3 nitrogen and oxygen atoms in total. The molecule has 19 heavy (non-hydrogen) atoms. The second-order valence-electron chi connectivity index (χ2n) is 5.69. The minimum absolute atomic E-state index is 0.00417. The van der Waals surface area contributed by atoms with E-state index in [1.165, 1.54) is 11.1 Å². The van der Waals surface area contributed by atoms with Crippen molar-refractivity contribution in [3.8, 4) is 0 Å². The number of aliphatic hydroxyl groups excluding tert-OH is 1. The molecule has 0 radical (unpaired) electrons. The fraction of sp³-hybridized carbons (Fsp3) is 0.625. The average molecular weight is 262 g/mol. The van der Waals surface area contributed by atoms with Crippen molar-refractivity contribution in [1.29, 1.82) is 0 Å². The van der Waals surface area contributed by atoms with E-state index in [0.717, 1.165) is 32.1 Å². The molecule has 1 aliphatic rings. The summed E-state index contributed by atoms with van der Waals surface area (Å²) in [4.78, 5) is 0. The number of rotatable bonds is 6. The molecule has 0 heterocycles. The molecular formula is C16H26N2O. The fourth-order valence-corrected chi connectivity index (χ4v) is 3.12. The number of aliphatic hydroxyl groups is 1. The lowest BCUT2D eigenvalue weighted by atomic mass is 9.77. The van der Waals surface area contributed by atoms with E-state index in [2.05, 4.69) is 36.5 Å². The second-order valence-corrected chi connectivity index (χ2v) is 5.69. The van der Waals surface area contributed by atoms with E-state index in [0.29, 0.717) is 12.6 Å². The van der Waals surface area contributed by atoms with Gasteiger partial charge in [0.15, 0.2) is 0 Å². The number of aryl methyl sites for hydroxylation is 1. The van der Waals surface area contributed by atoms with Crippen LogP contribution in [0.15, 0.2) is 24.3 Å². The van der Waals surface area contributed by atoms with Gasteiger partial charge in [-0.15, -0.1) is 0 Å². The maximum Gasteiger partial charge on any atom is 0.0445 e. The van der Waals surface area contributed by atoms with Crippen LogP contribution in [0.5, 0.6) is 0 Å². The van der Waals surface area contributed by atoms with Gasteiger partial charge in [-0.1, -0.05) is 31.2 Å². The zero-order valence-corrected chi connectivity index (χ0v) is 11.9. The molecule has 0 bridgehead atoms. The highest BCUT2D eigenvalue weighted by atomic mass is 16.3. The van der Waals surface area contributed by atoms with Crippen molar-refractivity contribution in [3.05, 3.63) is 35.4 Å². The summed E-state index contributed by atoms with van der Waals surface area (Å²) >= 11 is 0. The van der Waals surface area contributed by atoms with Crippen molar-refractivity contribution in [1.82, 2.24) is 5.32 Å². The molecule has 3 heteroatoms. The highest BCUT2D eigenvalue weighted by molar-refractivity contribution is 5.32. The van der Waals surface area contributed by atoms with Gasteiger partial charge in [-0.05, 0) is 43.2 Å². The van der Waals surface area contributed by atoms with Crippen LogP contribution in [-0.4, -0.2) is 29.8 Å². The second kappa shape index (κ2) is 6.51. The minimum Gasteiger partial charge on any atom is -0.396 e. The van der Waals surface area contributed by atoms with Gasteiger partial charge in [-0.25, -0.2) is 0 Å².